The summed E-state index contributed by atoms with van der Waals surface area (Å²) in [4.78, 5) is 12.2. The molecule has 0 aliphatic carbocycles. The van der Waals surface area contributed by atoms with Crippen LogP contribution >= 0.6 is 0 Å². The molecule has 1 aromatic carbocycles. The molecule has 0 unspecified atom stereocenters. The highest BCUT2D eigenvalue weighted by atomic mass is 16.1. The Kier molecular flexibility index (Phi) is 3.10. The van der Waals surface area contributed by atoms with E-state index in [9.17, 15) is 4.79 Å². The van der Waals surface area contributed by atoms with E-state index in [2.05, 4.69) is 15.5 Å². The van der Waals surface area contributed by atoms with Crippen LogP contribution in [0.1, 0.15) is 27.3 Å². The molecule has 0 aliphatic rings. The number of nitrogen functional groups attached to an aromatic ring is 1. The van der Waals surface area contributed by atoms with Gasteiger partial charge in [0.05, 0.1) is 6.42 Å². The summed E-state index contributed by atoms with van der Waals surface area (Å²) >= 11 is 0. The van der Waals surface area contributed by atoms with E-state index in [4.69, 9.17) is 5.73 Å². The molecule has 0 amide bonds. The number of tetrazole rings is 1. The second kappa shape index (κ2) is 4.56. The molecule has 0 aliphatic heterocycles. The number of benzene rings is 1. The number of Topliss-reactive ketones (excluding diaryl/α,β-unsaturated/α-hetero) is 1. The monoisotopic (exact) mass is 245 g/mol. The molecule has 1 aromatic heterocycles. The summed E-state index contributed by atoms with van der Waals surface area (Å²) in [7, 11) is 1.70. The molecule has 0 fully saturated rings. The van der Waals surface area contributed by atoms with Crippen molar-refractivity contribution in [2.24, 2.45) is 7.05 Å². The van der Waals surface area contributed by atoms with Crippen LogP contribution in [0.25, 0.3) is 0 Å². The third-order valence-electron chi connectivity index (χ3n) is 2.99. The first-order valence-electron chi connectivity index (χ1n) is 5.60. The number of nitrogens with two attached hydrogens (primary N) is 1. The number of hydrogen-bond acceptors (Lipinski definition) is 5. The van der Waals surface area contributed by atoms with Gasteiger partial charge in [-0.15, -0.1) is 5.10 Å². The minimum Gasteiger partial charge on any atom is -0.398 e. The second-order valence-electron chi connectivity index (χ2n) is 4.34. The van der Waals surface area contributed by atoms with Crippen LogP contribution < -0.4 is 5.73 Å². The maximum Gasteiger partial charge on any atom is 0.172 e. The Labute approximate surface area is 105 Å². The van der Waals surface area contributed by atoms with Crippen molar-refractivity contribution in [1.29, 1.82) is 0 Å². The van der Waals surface area contributed by atoms with E-state index in [1.165, 1.54) is 4.68 Å². The summed E-state index contributed by atoms with van der Waals surface area (Å²) in [5.74, 6) is 0.450. The Balaban J connectivity index is 2.30. The quantitative estimate of drug-likeness (QED) is 0.639. The number of rotatable bonds is 3. The van der Waals surface area contributed by atoms with Gasteiger partial charge in [-0.25, -0.2) is 4.68 Å². The van der Waals surface area contributed by atoms with Gasteiger partial charge in [0.15, 0.2) is 11.6 Å². The smallest absolute Gasteiger partial charge is 0.172 e. The lowest BCUT2D eigenvalue weighted by Crippen LogP contribution is -2.11. The van der Waals surface area contributed by atoms with E-state index in [0.29, 0.717) is 17.1 Å². The SMILES string of the molecule is Cc1cc(N)c(C(=O)Cc2nnnn2C)cc1C. The van der Waals surface area contributed by atoms with Crippen molar-refractivity contribution in [2.75, 3.05) is 5.73 Å². The Morgan fingerprint density at radius 1 is 1.33 bits per heavy atom. The highest BCUT2D eigenvalue weighted by Gasteiger charge is 2.15. The third-order valence-corrected chi connectivity index (χ3v) is 2.99. The number of aromatic nitrogens is 4. The highest BCUT2D eigenvalue weighted by molar-refractivity contribution is 6.01. The van der Waals surface area contributed by atoms with Crippen LogP contribution in [-0.2, 0) is 13.5 Å². The Morgan fingerprint density at radius 2 is 2.00 bits per heavy atom. The Hall–Kier alpha value is -2.24. The fourth-order valence-electron chi connectivity index (χ4n) is 1.72. The Morgan fingerprint density at radius 3 is 2.61 bits per heavy atom. The van der Waals surface area contributed by atoms with Crippen LogP contribution in [0, 0.1) is 13.8 Å². The standard InChI is InChI=1S/C12H15N5O/c1-7-4-9(10(13)5-8(7)2)11(18)6-12-14-15-16-17(12)3/h4-5H,6,13H2,1-3H3. The molecule has 6 heteroatoms. The van der Waals surface area contributed by atoms with E-state index in [-0.39, 0.29) is 12.2 Å². The molecule has 1 heterocycles. The van der Waals surface area contributed by atoms with Crippen molar-refractivity contribution < 1.29 is 4.79 Å². The normalized spacial score (nSPS) is 10.6. The van der Waals surface area contributed by atoms with Crippen LogP contribution in [0.15, 0.2) is 12.1 Å². The van der Waals surface area contributed by atoms with E-state index >= 15 is 0 Å². The van der Waals surface area contributed by atoms with Crippen molar-refractivity contribution in [2.45, 2.75) is 20.3 Å². The van der Waals surface area contributed by atoms with Crippen molar-refractivity contribution in [3.63, 3.8) is 0 Å². The first-order chi connectivity index (χ1) is 8.49. The van der Waals surface area contributed by atoms with E-state index in [1.54, 1.807) is 7.05 Å². The van der Waals surface area contributed by atoms with E-state index in [0.717, 1.165) is 11.1 Å². The van der Waals surface area contributed by atoms with Crippen LogP contribution in [-0.4, -0.2) is 26.0 Å². The first kappa shape index (κ1) is 12.2. The maximum absolute atomic E-state index is 12.2. The summed E-state index contributed by atoms with van der Waals surface area (Å²) in [6, 6.07) is 3.63. The number of nitrogens with zero attached hydrogens (tertiary/aromatic N) is 4. The van der Waals surface area contributed by atoms with Gasteiger partial charge in [0.1, 0.15) is 0 Å². The van der Waals surface area contributed by atoms with Crippen LogP contribution in [0.5, 0.6) is 0 Å². The summed E-state index contributed by atoms with van der Waals surface area (Å²) < 4.78 is 1.48. The minimum absolute atomic E-state index is 0.0755. The number of carbonyl (C=O) groups excluding carboxylic acids is 1. The van der Waals surface area contributed by atoms with Gasteiger partial charge < -0.3 is 5.73 Å². The Bertz CT molecular complexity index is 603. The fourth-order valence-corrected chi connectivity index (χ4v) is 1.72. The molecule has 2 N–H and O–H groups in total. The average molecular weight is 245 g/mol. The van der Waals surface area contributed by atoms with Crippen molar-refractivity contribution in [1.82, 2.24) is 20.2 Å². The molecule has 6 nitrogen and oxygen atoms in total. The zero-order chi connectivity index (χ0) is 13.3. The van der Waals surface area contributed by atoms with Crippen LogP contribution in [0.2, 0.25) is 0 Å². The highest BCUT2D eigenvalue weighted by Crippen LogP contribution is 2.19. The molecule has 0 radical (unpaired) electrons. The van der Waals surface area contributed by atoms with Gasteiger partial charge in [0, 0.05) is 18.3 Å². The number of ketones is 1. The zero-order valence-corrected chi connectivity index (χ0v) is 10.6. The fraction of sp³-hybridized carbons (Fsp3) is 0.333. The number of anilines is 1. The predicted octanol–water partition coefficient (Wildman–Crippen LogP) is 0.835. The van der Waals surface area contributed by atoms with Crippen LogP contribution in [0.4, 0.5) is 5.69 Å². The summed E-state index contributed by atoms with van der Waals surface area (Å²) in [5, 5.41) is 11.0. The largest absolute Gasteiger partial charge is 0.398 e. The van der Waals surface area contributed by atoms with E-state index in [1.807, 2.05) is 26.0 Å². The molecule has 2 rings (SSSR count). The topological polar surface area (TPSA) is 86.7 Å². The number of carbonyl (C=O) groups is 1. The molecule has 0 saturated carbocycles. The van der Waals surface area contributed by atoms with Gasteiger partial charge in [-0.3, -0.25) is 4.79 Å². The van der Waals surface area contributed by atoms with Gasteiger partial charge in [-0.1, -0.05) is 0 Å². The zero-order valence-electron chi connectivity index (χ0n) is 10.6. The lowest BCUT2D eigenvalue weighted by atomic mass is 10.00. The van der Waals surface area contributed by atoms with Crippen molar-refractivity contribution >= 4 is 11.5 Å². The molecule has 18 heavy (non-hydrogen) atoms. The molecular weight excluding hydrogens is 230 g/mol. The summed E-state index contributed by atoms with van der Waals surface area (Å²) in [6.07, 6.45) is 0.149. The van der Waals surface area contributed by atoms with Gasteiger partial charge in [-0.05, 0) is 47.5 Å². The van der Waals surface area contributed by atoms with Gasteiger partial charge in [0.2, 0.25) is 0 Å². The third kappa shape index (κ3) is 2.22. The summed E-state index contributed by atoms with van der Waals surface area (Å²) in [6.45, 7) is 3.92. The molecule has 0 spiro atoms. The maximum atomic E-state index is 12.2. The molecule has 0 atom stereocenters. The number of aryl methyl sites for hydroxylation is 3. The van der Waals surface area contributed by atoms with E-state index < -0.39 is 0 Å². The van der Waals surface area contributed by atoms with Gasteiger partial charge >= 0.3 is 0 Å². The van der Waals surface area contributed by atoms with Gasteiger partial charge in [-0.2, -0.15) is 0 Å². The average Bonchev–Trinajstić information content (AvgIpc) is 2.69. The molecule has 0 saturated heterocycles. The van der Waals surface area contributed by atoms with Gasteiger partial charge in [0.25, 0.3) is 0 Å². The number of hydrogen-bond donors (Lipinski definition) is 1. The molecule has 2 aromatic rings. The summed E-state index contributed by atoms with van der Waals surface area (Å²) in [5.41, 5.74) is 9.02. The van der Waals surface area contributed by atoms with Crippen molar-refractivity contribution in [3.8, 4) is 0 Å². The van der Waals surface area contributed by atoms with Crippen LogP contribution in [0.3, 0.4) is 0 Å². The van der Waals surface area contributed by atoms with Crippen molar-refractivity contribution in [3.05, 3.63) is 34.6 Å². The second-order valence-corrected chi connectivity index (χ2v) is 4.34. The lowest BCUT2D eigenvalue weighted by Gasteiger charge is -2.08. The molecular formula is C12H15N5O. The lowest BCUT2D eigenvalue weighted by molar-refractivity contribution is 0.0990. The molecule has 94 valence electrons. The predicted molar refractivity (Wildman–Crippen MR) is 67.2 cm³/mol. The molecule has 0 bridgehead atoms. The first-order valence-corrected chi connectivity index (χ1v) is 5.60. The minimum atomic E-state index is -0.0755.